The minimum atomic E-state index is -1.38. The van der Waals surface area contributed by atoms with E-state index in [0.29, 0.717) is 0 Å². The van der Waals surface area contributed by atoms with Gasteiger partial charge in [0.1, 0.15) is 0 Å². The van der Waals surface area contributed by atoms with Gasteiger partial charge in [-0.15, -0.1) is 0 Å². The maximum absolute atomic E-state index is 9.54. The molecule has 0 unspecified atom stereocenters. The molecular weight excluding hydrogens is 172 g/mol. The van der Waals surface area contributed by atoms with Gasteiger partial charge in [-0.1, -0.05) is 0 Å². The molecule has 0 saturated heterocycles. The van der Waals surface area contributed by atoms with Crippen LogP contribution in [-0.2, 0) is 9.59 Å². The Morgan fingerprint density at radius 3 is 1.57 bits per heavy atom. The van der Waals surface area contributed by atoms with Crippen LogP contribution in [0.15, 0.2) is 0 Å². The van der Waals surface area contributed by atoms with E-state index in [-0.39, 0.29) is 45.5 Å². The summed E-state index contributed by atoms with van der Waals surface area (Å²) in [6.07, 6.45) is 0. The van der Waals surface area contributed by atoms with Crippen molar-refractivity contribution < 1.29 is 14.7 Å². The zero-order valence-electron chi connectivity index (χ0n) is 3.26. The van der Waals surface area contributed by atoms with Crippen molar-refractivity contribution in [3.63, 3.8) is 0 Å². The van der Waals surface area contributed by atoms with Crippen LogP contribution in [0.1, 0.15) is 6.92 Å². The molecule has 1 N–H and O–H groups in total. The monoisotopic (exact) mass is 178 g/mol. The number of Topliss-reactive ketones (excluding diaryl/α,β-unsaturated/α-hetero) is 1. The number of carboxylic acids is 1. The first kappa shape index (κ1) is 10.6. The SMILES string of the molecule is CC(=O)C(=O)O.[SrH2]. The van der Waals surface area contributed by atoms with Gasteiger partial charge in [0.15, 0.2) is 0 Å². The third kappa shape index (κ3) is 6.62. The number of carbonyl (C=O) groups is 2. The first-order valence-electron chi connectivity index (χ1n) is 1.38. The zero-order chi connectivity index (χ0) is 5.15. The second kappa shape index (κ2) is 4.77. The van der Waals surface area contributed by atoms with Gasteiger partial charge in [-0.2, -0.15) is 0 Å². The van der Waals surface area contributed by atoms with Gasteiger partial charge in [-0.3, -0.25) is 4.79 Å². The van der Waals surface area contributed by atoms with Crippen molar-refractivity contribution in [2.24, 2.45) is 0 Å². The molecular formula is C3H6O3Sr. The fourth-order valence-electron chi connectivity index (χ4n) is 0. The third-order valence-corrected chi connectivity index (χ3v) is 0.301. The van der Waals surface area contributed by atoms with E-state index in [9.17, 15) is 9.59 Å². The van der Waals surface area contributed by atoms with Crippen molar-refractivity contribution in [2.45, 2.75) is 6.92 Å². The van der Waals surface area contributed by atoms with Crippen LogP contribution >= 0.6 is 0 Å². The molecule has 4 heteroatoms. The number of aliphatic carboxylic acids is 1. The third-order valence-electron chi connectivity index (χ3n) is 0.301. The number of carboxylic acid groups (broad SMARTS) is 1. The Balaban J connectivity index is 0. The Kier molecular flexibility index (Phi) is 7.21. The summed E-state index contributed by atoms with van der Waals surface area (Å²) >= 11 is 0. The van der Waals surface area contributed by atoms with Gasteiger partial charge in [0, 0.05) is 6.92 Å². The summed E-state index contributed by atoms with van der Waals surface area (Å²) in [7, 11) is 0. The molecule has 0 radical (unpaired) electrons. The molecule has 0 fully saturated rings. The Bertz CT molecular complexity index is 76.2. The predicted octanol–water partition coefficient (Wildman–Crippen LogP) is -1.26. The number of hydrogen-bond acceptors (Lipinski definition) is 2. The van der Waals surface area contributed by atoms with Crippen LogP contribution < -0.4 is 0 Å². The van der Waals surface area contributed by atoms with Crippen LogP contribution in [0.4, 0.5) is 0 Å². The molecule has 0 aliphatic rings. The van der Waals surface area contributed by atoms with Crippen molar-refractivity contribution >= 4 is 57.2 Å². The summed E-state index contributed by atoms with van der Waals surface area (Å²) in [5, 5.41) is 7.64. The Morgan fingerprint density at radius 2 is 1.57 bits per heavy atom. The molecule has 7 heavy (non-hydrogen) atoms. The molecule has 0 aromatic heterocycles. The number of carbonyl (C=O) groups excluding carboxylic acids is 1. The summed E-state index contributed by atoms with van der Waals surface area (Å²) in [6, 6.07) is 0. The molecule has 3 nitrogen and oxygen atoms in total. The first-order valence-corrected chi connectivity index (χ1v) is 1.38. The van der Waals surface area contributed by atoms with Gasteiger partial charge >= 0.3 is 51.5 Å². The molecule has 0 bridgehead atoms. The van der Waals surface area contributed by atoms with E-state index < -0.39 is 11.8 Å². The standard InChI is InChI=1S/C3H4O3.Sr.2H/c1-2(4)3(5)6;;;/h1H3,(H,5,6);;;. The normalized spacial score (nSPS) is 6.43. The van der Waals surface area contributed by atoms with Crippen molar-refractivity contribution in [1.29, 1.82) is 0 Å². The topological polar surface area (TPSA) is 54.4 Å². The van der Waals surface area contributed by atoms with Gasteiger partial charge < -0.3 is 5.11 Å². The van der Waals surface area contributed by atoms with Crippen molar-refractivity contribution in [2.75, 3.05) is 0 Å². The average Bonchev–Trinajstić information content (AvgIpc) is 1.36. The van der Waals surface area contributed by atoms with Crippen molar-refractivity contribution in [1.82, 2.24) is 0 Å². The Labute approximate surface area is 78.0 Å². The molecule has 0 amide bonds. The minimum absolute atomic E-state index is 0. The average molecular weight is 178 g/mol. The molecule has 38 valence electrons. The molecule has 0 spiro atoms. The van der Waals surface area contributed by atoms with Gasteiger partial charge in [-0.05, 0) is 0 Å². The molecule has 0 atom stereocenters. The summed E-state index contributed by atoms with van der Waals surface area (Å²) in [6.45, 7) is 1.00. The quantitative estimate of drug-likeness (QED) is 0.402. The van der Waals surface area contributed by atoms with E-state index in [2.05, 4.69) is 0 Å². The Morgan fingerprint density at radius 1 is 1.43 bits per heavy atom. The van der Waals surface area contributed by atoms with E-state index >= 15 is 0 Å². The van der Waals surface area contributed by atoms with Gasteiger partial charge in [-0.25, -0.2) is 4.79 Å². The molecule has 0 aromatic carbocycles. The summed E-state index contributed by atoms with van der Waals surface area (Å²) in [5.41, 5.74) is 0. The van der Waals surface area contributed by atoms with E-state index in [4.69, 9.17) is 5.11 Å². The van der Waals surface area contributed by atoms with Gasteiger partial charge in [0.05, 0.1) is 0 Å². The zero-order valence-corrected chi connectivity index (χ0v) is 3.26. The number of hydrogen-bond donors (Lipinski definition) is 1. The number of rotatable bonds is 1. The second-order valence-corrected chi connectivity index (χ2v) is 0.861. The predicted molar refractivity (Wildman–Crippen MR) is 26.9 cm³/mol. The first-order chi connectivity index (χ1) is 2.64. The van der Waals surface area contributed by atoms with Crippen LogP contribution in [0.2, 0.25) is 0 Å². The van der Waals surface area contributed by atoms with E-state index in [1.165, 1.54) is 0 Å². The molecule has 0 aliphatic heterocycles. The van der Waals surface area contributed by atoms with Crippen LogP contribution in [0.3, 0.4) is 0 Å². The summed E-state index contributed by atoms with van der Waals surface area (Å²) < 4.78 is 0. The van der Waals surface area contributed by atoms with Crippen LogP contribution in [0.5, 0.6) is 0 Å². The summed E-state index contributed by atoms with van der Waals surface area (Å²) in [5.74, 6) is -2.20. The van der Waals surface area contributed by atoms with Crippen molar-refractivity contribution in [3.8, 4) is 0 Å². The molecule has 0 aromatic rings. The fraction of sp³-hybridized carbons (Fsp3) is 0.333. The van der Waals surface area contributed by atoms with Crippen molar-refractivity contribution in [3.05, 3.63) is 0 Å². The maximum atomic E-state index is 9.54. The fourth-order valence-corrected chi connectivity index (χ4v) is 0. The molecule has 0 heterocycles. The Hall–Kier alpha value is 0.621. The van der Waals surface area contributed by atoms with E-state index in [1.807, 2.05) is 0 Å². The van der Waals surface area contributed by atoms with E-state index in [1.54, 1.807) is 0 Å². The molecule has 0 saturated carbocycles. The van der Waals surface area contributed by atoms with E-state index in [0.717, 1.165) is 6.92 Å². The van der Waals surface area contributed by atoms with Gasteiger partial charge in [0.2, 0.25) is 5.78 Å². The van der Waals surface area contributed by atoms with Crippen LogP contribution in [-0.4, -0.2) is 62.3 Å². The molecule has 0 rings (SSSR count). The molecule has 0 aliphatic carbocycles. The number of ketones is 1. The van der Waals surface area contributed by atoms with Crippen LogP contribution in [0, 0.1) is 0 Å². The summed E-state index contributed by atoms with van der Waals surface area (Å²) in [4.78, 5) is 18.9. The van der Waals surface area contributed by atoms with Gasteiger partial charge in [0.25, 0.3) is 0 Å². The second-order valence-electron chi connectivity index (χ2n) is 0.861. The van der Waals surface area contributed by atoms with Crippen LogP contribution in [0.25, 0.3) is 0 Å².